The molecule has 1 aliphatic rings. The van der Waals surface area contributed by atoms with E-state index in [1.807, 2.05) is 24.3 Å². The van der Waals surface area contributed by atoms with Gasteiger partial charge in [-0.05, 0) is 41.8 Å². The summed E-state index contributed by atoms with van der Waals surface area (Å²) in [6.07, 6.45) is 0.747. The molecule has 0 saturated carbocycles. The van der Waals surface area contributed by atoms with Gasteiger partial charge in [0.1, 0.15) is 11.5 Å². The molecule has 1 fully saturated rings. The predicted octanol–water partition coefficient (Wildman–Crippen LogP) is 3.12. The van der Waals surface area contributed by atoms with Crippen LogP contribution in [-0.2, 0) is 13.1 Å². The minimum absolute atomic E-state index is 0.113. The number of nitrogens with zero attached hydrogens (tertiary/aromatic N) is 2. The Labute approximate surface area is 165 Å². The number of aromatic hydroxyl groups is 1. The molecule has 1 saturated heterocycles. The summed E-state index contributed by atoms with van der Waals surface area (Å²) in [6, 6.07) is 13.8. The van der Waals surface area contributed by atoms with Crippen LogP contribution in [0.3, 0.4) is 0 Å². The lowest BCUT2D eigenvalue weighted by molar-refractivity contribution is 0.0499. The van der Waals surface area contributed by atoms with Gasteiger partial charge in [-0.1, -0.05) is 29.8 Å². The fourth-order valence-corrected chi connectivity index (χ4v) is 3.85. The van der Waals surface area contributed by atoms with E-state index in [1.54, 1.807) is 13.2 Å². The number of aliphatic hydroxyl groups is 1. The first-order valence-corrected chi connectivity index (χ1v) is 9.64. The summed E-state index contributed by atoms with van der Waals surface area (Å²) < 4.78 is 5.32. The maximum atomic E-state index is 9.58. The highest BCUT2D eigenvalue weighted by atomic mass is 35.5. The van der Waals surface area contributed by atoms with Gasteiger partial charge in [0.05, 0.1) is 12.1 Å². The lowest BCUT2D eigenvalue weighted by Gasteiger charge is -2.41. The topological polar surface area (TPSA) is 56.2 Å². The summed E-state index contributed by atoms with van der Waals surface area (Å²) in [4.78, 5) is 4.82. The summed E-state index contributed by atoms with van der Waals surface area (Å²) in [5.41, 5.74) is 2.30. The molecule has 0 bridgehead atoms. The van der Waals surface area contributed by atoms with Crippen LogP contribution >= 0.6 is 11.6 Å². The van der Waals surface area contributed by atoms with E-state index in [4.69, 9.17) is 16.3 Å². The molecule has 3 rings (SSSR count). The zero-order valence-corrected chi connectivity index (χ0v) is 16.4. The summed E-state index contributed by atoms with van der Waals surface area (Å²) in [5.74, 6) is 0.982. The standard InChI is InChI=1S/C21H27ClN2O3/c1-27-19-4-2-3-16(11-19)14-24-9-8-23(15-18(24)7-10-25)13-17-5-6-21(26)20(22)12-17/h2-6,11-12,18,25-26H,7-10,13-15H2,1H3. The van der Waals surface area contributed by atoms with Crippen molar-refractivity contribution in [2.75, 3.05) is 33.4 Å². The third kappa shape index (κ3) is 5.36. The van der Waals surface area contributed by atoms with Gasteiger partial charge in [0.2, 0.25) is 0 Å². The Balaban J connectivity index is 1.64. The molecule has 1 aliphatic heterocycles. The van der Waals surface area contributed by atoms with Gasteiger partial charge in [0, 0.05) is 45.4 Å². The largest absolute Gasteiger partial charge is 0.506 e. The summed E-state index contributed by atoms with van der Waals surface area (Å²) in [6.45, 7) is 4.59. The van der Waals surface area contributed by atoms with Gasteiger partial charge in [-0.25, -0.2) is 0 Å². The third-order valence-corrected chi connectivity index (χ3v) is 5.39. The molecule has 1 unspecified atom stereocenters. The zero-order valence-electron chi connectivity index (χ0n) is 15.6. The van der Waals surface area contributed by atoms with Crippen LogP contribution in [0.4, 0.5) is 0 Å². The molecule has 0 aliphatic carbocycles. The normalized spacial score (nSPS) is 18.6. The minimum atomic E-state index is 0.113. The van der Waals surface area contributed by atoms with Gasteiger partial charge in [0.15, 0.2) is 0 Å². The van der Waals surface area contributed by atoms with Crippen LogP contribution in [-0.4, -0.2) is 59.4 Å². The predicted molar refractivity (Wildman–Crippen MR) is 107 cm³/mol. The molecule has 1 atom stereocenters. The molecule has 2 aromatic carbocycles. The SMILES string of the molecule is COc1cccc(CN2CCN(Cc3ccc(O)c(Cl)c3)CC2CCO)c1. The Morgan fingerprint density at radius 2 is 1.93 bits per heavy atom. The van der Waals surface area contributed by atoms with Crippen molar-refractivity contribution in [1.29, 1.82) is 0 Å². The first-order valence-electron chi connectivity index (χ1n) is 9.26. The van der Waals surface area contributed by atoms with Crippen LogP contribution in [0.2, 0.25) is 5.02 Å². The van der Waals surface area contributed by atoms with E-state index in [9.17, 15) is 10.2 Å². The zero-order chi connectivity index (χ0) is 19.2. The Morgan fingerprint density at radius 1 is 1.11 bits per heavy atom. The molecule has 5 nitrogen and oxygen atoms in total. The van der Waals surface area contributed by atoms with Gasteiger partial charge < -0.3 is 14.9 Å². The number of benzene rings is 2. The van der Waals surface area contributed by atoms with E-state index in [0.717, 1.165) is 50.5 Å². The van der Waals surface area contributed by atoms with Gasteiger partial charge in [-0.2, -0.15) is 0 Å². The van der Waals surface area contributed by atoms with Crippen LogP contribution in [0.1, 0.15) is 17.5 Å². The third-order valence-electron chi connectivity index (χ3n) is 5.09. The molecule has 2 aromatic rings. The van der Waals surface area contributed by atoms with E-state index < -0.39 is 0 Å². The number of piperazine rings is 1. The number of methoxy groups -OCH3 is 1. The quantitative estimate of drug-likeness (QED) is 0.760. The Morgan fingerprint density at radius 3 is 2.67 bits per heavy atom. The number of halogens is 1. The highest BCUT2D eigenvalue weighted by molar-refractivity contribution is 6.32. The van der Waals surface area contributed by atoms with E-state index >= 15 is 0 Å². The number of hydrogen-bond acceptors (Lipinski definition) is 5. The van der Waals surface area contributed by atoms with Crippen LogP contribution in [0, 0.1) is 0 Å². The molecule has 1 heterocycles. The molecule has 0 spiro atoms. The maximum absolute atomic E-state index is 9.58. The second-order valence-corrected chi connectivity index (χ2v) is 7.42. The number of phenols is 1. The molecular formula is C21H27ClN2O3. The van der Waals surface area contributed by atoms with Crippen LogP contribution < -0.4 is 4.74 Å². The van der Waals surface area contributed by atoms with Crippen molar-refractivity contribution in [3.05, 3.63) is 58.6 Å². The maximum Gasteiger partial charge on any atom is 0.134 e. The molecule has 0 aromatic heterocycles. The Kier molecular flexibility index (Phi) is 6.96. The van der Waals surface area contributed by atoms with E-state index in [1.165, 1.54) is 5.56 Å². The summed E-state index contributed by atoms with van der Waals surface area (Å²) in [5, 5.41) is 19.5. The number of hydrogen-bond donors (Lipinski definition) is 2. The molecule has 0 amide bonds. The highest BCUT2D eigenvalue weighted by Crippen LogP contribution is 2.25. The Bertz CT molecular complexity index is 756. The van der Waals surface area contributed by atoms with Crippen LogP contribution in [0.15, 0.2) is 42.5 Å². The molecule has 27 heavy (non-hydrogen) atoms. The van der Waals surface area contributed by atoms with Crippen molar-refractivity contribution in [2.45, 2.75) is 25.6 Å². The number of rotatable bonds is 7. The van der Waals surface area contributed by atoms with Crippen molar-refractivity contribution in [3.8, 4) is 11.5 Å². The van der Waals surface area contributed by atoms with Crippen molar-refractivity contribution in [3.63, 3.8) is 0 Å². The lowest BCUT2D eigenvalue weighted by atomic mass is 10.1. The van der Waals surface area contributed by atoms with Gasteiger partial charge in [-0.15, -0.1) is 0 Å². The molecule has 6 heteroatoms. The van der Waals surface area contributed by atoms with Crippen LogP contribution in [0.25, 0.3) is 0 Å². The Hall–Kier alpha value is -1.79. The van der Waals surface area contributed by atoms with Crippen molar-refractivity contribution >= 4 is 11.6 Å². The van der Waals surface area contributed by atoms with Crippen molar-refractivity contribution in [2.24, 2.45) is 0 Å². The first kappa shape index (κ1) is 20.0. The van der Waals surface area contributed by atoms with Crippen molar-refractivity contribution in [1.82, 2.24) is 9.80 Å². The van der Waals surface area contributed by atoms with Crippen molar-refractivity contribution < 1.29 is 14.9 Å². The number of phenolic OH excluding ortho intramolecular Hbond substituents is 1. The highest BCUT2D eigenvalue weighted by Gasteiger charge is 2.26. The molecular weight excluding hydrogens is 364 g/mol. The summed E-state index contributed by atoms with van der Waals surface area (Å²) in [7, 11) is 1.68. The summed E-state index contributed by atoms with van der Waals surface area (Å²) >= 11 is 6.03. The monoisotopic (exact) mass is 390 g/mol. The first-order chi connectivity index (χ1) is 13.1. The average molecular weight is 391 g/mol. The van der Waals surface area contributed by atoms with E-state index in [-0.39, 0.29) is 12.4 Å². The van der Waals surface area contributed by atoms with Crippen LogP contribution in [0.5, 0.6) is 11.5 Å². The van der Waals surface area contributed by atoms with Gasteiger partial charge in [-0.3, -0.25) is 9.80 Å². The molecule has 2 N–H and O–H groups in total. The van der Waals surface area contributed by atoms with E-state index in [2.05, 4.69) is 21.9 Å². The number of ether oxygens (including phenoxy) is 1. The number of aliphatic hydroxyl groups excluding tert-OH is 1. The second-order valence-electron chi connectivity index (χ2n) is 7.01. The molecule has 146 valence electrons. The van der Waals surface area contributed by atoms with E-state index in [0.29, 0.717) is 11.1 Å². The fraction of sp³-hybridized carbons (Fsp3) is 0.429. The van der Waals surface area contributed by atoms with Gasteiger partial charge in [0.25, 0.3) is 0 Å². The minimum Gasteiger partial charge on any atom is -0.506 e. The molecule has 0 radical (unpaired) electrons. The van der Waals surface area contributed by atoms with Gasteiger partial charge >= 0.3 is 0 Å². The second kappa shape index (κ2) is 9.42. The smallest absolute Gasteiger partial charge is 0.134 e. The average Bonchev–Trinajstić information content (AvgIpc) is 2.67. The lowest BCUT2D eigenvalue weighted by Crippen LogP contribution is -2.52. The fourth-order valence-electron chi connectivity index (χ4n) is 3.64.